The number of nitrogens with one attached hydrogen (secondary N) is 1. The molecule has 1 amide bonds. The molecular formula is C21H25Cl2N3O2. The first-order valence-corrected chi connectivity index (χ1v) is 10.2. The lowest BCUT2D eigenvalue weighted by molar-refractivity contribution is -0.122. The van der Waals surface area contributed by atoms with Gasteiger partial charge in [0.15, 0.2) is 0 Å². The molecule has 1 N–H and O–H groups in total. The second-order valence-electron chi connectivity index (χ2n) is 6.68. The van der Waals surface area contributed by atoms with Crippen molar-refractivity contribution in [2.24, 2.45) is 0 Å². The third-order valence-electron chi connectivity index (χ3n) is 4.74. The molecule has 0 bridgehead atoms. The molecule has 1 aliphatic rings. The number of rotatable bonds is 7. The van der Waals surface area contributed by atoms with Crippen LogP contribution in [0.25, 0.3) is 0 Å². The summed E-state index contributed by atoms with van der Waals surface area (Å²) in [7, 11) is 0. The Kier molecular flexibility index (Phi) is 7.43. The molecule has 0 spiro atoms. The van der Waals surface area contributed by atoms with Crippen LogP contribution in [-0.4, -0.2) is 50.1 Å². The third kappa shape index (κ3) is 5.53. The van der Waals surface area contributed by atoms with Gasteiger partial charge in [-0.25, -0.2) is 0 Å². The first kappa shape index (κ1) is 20.8. The summed E-state index contributed by atoms with van der Waals surface area (Å²) in [6.07, 6.45) is 0. The molecular weight excluding hydrogens is 397 g/mol. The van der Waals surface area contributed by atoms with Crippen molar-refractivity contribution >= 4 is 34.8 Å². The molecule has 1 aliphatic heterocycles. The van der Waals surface area contributed by atoms with Gasteiger partial charge >= 0.3 is 0 Å². The van der Waals surface area contributed by atoms with Crippen LogP contribution < -0.4 is 15.0 Å². The molecule has 0 saturated carbocycles. The van der Waals surface area contributed by atoms with Crippen LogP contribution in [0.3, 0.4) is 0 Å². The summed E-state index contributed by atoms with van der Waals surface area (Å²) in [4.78, 5) is 16.8. The van der Waals surface area contributed by atoms with Crippen molar-refractivity contribution in [1.29, 1.82) is 0 Å². The maximum Gasteiger partial charge on any atom is 0.234 e. The molecule has 7 heteroatoms. The highest BCUT2D eigenvalue weighted by Crippen LogP contribution is 2.28. The van der Waals surface area contributed by atoms with Crippen LogP contribution in [-0.2, 0) is 11.3 Å². The highest BCUT2D eigenvalue weighted by Gasteiger charge is 2.21. The van der Waals surface area contributed by atoms with Gasteiger partial charge in [0.1, 0.15) is 5.75 Å². The summed E-state index contributed by atoms with van der Waals surface area (Å²) in [5.41, 5.74) is 1.97. The summed E-state index contributed by atoms with van der Waals surface area (Å²) >= 11 is 12.1. The molecule has 2 aromatic rings. The zero-order chi connectivity index (χ0) is 19.9. The van der Waals surface area contributed by atoms with Crippen molar-refractivity contribution in [3.63, 3.8) is 0 Å². The van der Waals surface area contributed by atoms with Crippen molar-refractivity contribution in [2.75, 3.05) is 44.2 Å². The normalized spacial score (nSPS) is 14.8. The number of hydrogen-bond acceptors (Lipinski definition) is 4. The Labute approximate surface area is 176 Å². The Morgan fingerprint density at radius 2 is 1.86 bits per heavy atom. The minimum absolute atomic E-state index is 0.00539. The van der Waals surface area contributed by atoms with Crippen LogP contribution in [0.2, 0.25) is 10.0 Å². The molecule has 0 aliphatic carbocycles. The number of benzene rings is 2. The maximum absolute atomic E-state index is 12.3. The number of para-hydroxylation sites is 2. The van der Waals surface area contributed by atoms with E-state index in [2.05, 4.69) is 21.2 Å². The number of piperazine rings is 1. The SMILES string of the molecule is CCOc1ccccc1N1CCN(CC(=O)NCc2ccc(Cl)cc2Cl)CC1. The van der Waals surface area contributed by atoms with Crippen molar-refractivity contribution in [1.82, 2.24) is 10.2 Å². The summed E-state index contributed by atoms with van der Waals surface area (Å²) in [5, 5.41) is 4.08. The topological polar surface area (TPSA) is 44.8 Å². The lowest BCUT2D eigenvalue weighted by Gasteiger charge is -2.36. The van der Waals surface area contributed by atoms with Gasteiger partial charge in [-0.1, -0.05) is 41.4 Å². The summed E-state index contributed by atoms with van der Waals surface area (Å²) in [6, 6.07) is 13.4. The van der Waals surface area contributed by atoms with E-state index in [0.717, 1.165) is 43.2 Å². The second kappa shape index (κ2) is 10.0. The van der Waals surface area contributed by atoms with E-state index in [1.54, 1.807) is 12.1 Å². The van der Waals surface area contributed by atoms with E-state index in [1.165, 1.54) is 0 Å². The predicted molar refractivity (Wildman–Crippen MR) is 115 cm³/mol. The lowest BCUT2D eigenvalue weighted by atomic mass is 10.2. The number of hydrogen-bond donors (Lipinski definition) is 1. The maximum atomic E-state index is 12.3. The van der Waals surface area contributed by atoms with E-state index >= 15 is 0 Å². The Bertz CT molecular complexity index is 808. The van der Waals surface area contributed by atoms with E-state index in [4.69, 9.17) is 27.9 Å². The Hall–Kier alpha value is -1.95. The molecule has 1 fully saturated rings. The van der Waals surface area contributed by atoms with E-state index in [-0.39, 0.29) is 5.91 Å². The van der Waals surface area contributed by atoms with E-state index in [1.807, 2.05) is 31.2 Å². The highest BCUT2D eigenvalue weighted by molar-refractivity contribution is 6.35. The van der Waals surface area contributed by atoms with Gasteiger partial charge in [0.05, 0.1) is 18.8 Å². The molecule has 28 heavy (non-hydrogen) atoms. The van der Waals surface area contributed by atoms with Crippen LogP contribution in [0.15, 0.2) is 42.5 Å². The highest BCUT2D eigenvalue weighted by atomic mass is 35.5. The smallest absolute Gasteiger partial charge is 0.234 e. The Morgan fingerprint density at radius 3 is 2.57 bits per heavy atom. The molecule has 0 atom stereocenters. The monoisotopic (exact) mass is 421 g/mol. The minimum atomic E-state index is -0.00539. The fourth-order valence-corrected chi connectivity index (χ4v) is 3.74. The first-order chi connectivity index (χ1) is 13.6. The van der Waals surface area contributed by atoms with Crippen LogP contribution in [0.5, 0.6) is 5.75 Å². The van der Waals surface area contributed by atoms with Crippen molar-refractivity contribution in [2.45, 2.75) is 13.5 Å². The molecule has 1 heterocycles. The summed E-state index contributed by atoms with van der Waals surface area (Å²) < 4.78 is 5.73. The fourth-order valence-electron chi connectivity index (χ4n) is 3.26. The van der Waals surface area contributed by atoms with Crippen LogP contribution >= 0.6 is 23.2 Å². The van der Waals surface area contributed by atoms with Gasteiger partial charge in [0.2, 0.25) is 5.91 Å². The van der Waals surface area contributed by atoms with Gasteiger partial charge in [0.25, 0.3) is 0 Å². The van der Waals surface area contributed by atoms with Crippen LogP contribution in [0, 0.1) is 0 Å². The molecule has 5 nitrogen and oxygen atoms in total. The number of halogens is 2. The first-order valence-electron chi connectivity index (χ1n) is 9.46. The third-order valence-corrected chi connectivity index (χ3v) is 5.32. The second-order valence-corrected chi connectivity index (χ2v) is 7.52. The summed E-state index contributed by atoms with van der Waals surface area (Å²) in [6.45, 7) is 6.80. The zero-order valence-electron chi connectivity index (χ0n) is 16.0. The van der Waals surface area contributed by atoms with Gasteiger partial charge in [0, 0.05) is 42.8 Å². The van der Waals surface area contributed by atoms with Crippen molar-refractivity contribution < 1.29 is 9.53 Å². The number of amides is 1. The molecule has 2 aromatic carbocycles. The van der Waals surface area contributed by atoms with Gasteiger partial charge in [-0.2, -0.15) is 0 Å². The van der Waals surface area contributed by atoms with Gasteiger partial charge in [-0.3, -0.25) is 9.69 Å². The molecule has 150 valence electrons. The van der Waals surface area contributed by atoms with Gasteiger partial charge in [-0.05, 0) is 36.8 Å². The van der Waals surface area contributed by atoms with Crippen LogP contribution in [0.1, 0.15) is 12.5 Å². The van der Waals surface area contributed by atoms with E-state index < -0.39 is 0 Å². The molecule has 1 saturated heterocycles. The number of ether oxygens (including phenoxy) is 1. The van der Waals surface area contributed by atoms with Gasteiger partial charge < -0.3 is 15.0 Å². The number of anilines is 1. The van der Waals surface area contributed by atoms with E-state index in [0.29, 0.717) is 29.7 Å². The van der Waals surface area contributed by atoms with Crippen molar-refractivity contribution in [3.05, 3.63) is 58.1 Å². The van der Waals surface area contributed by atoms with Crippen LogP contribution in [0.4, 0.5) is 5.69 Å². The number of carbonyl (C=O) groups excluding carboxylic acids is 1. The molecule has 3 rings (SSSR count). The van der Waals surface area contributed by atoms with Crippen molar-refractivity contribution in [3.8, 4) is 5.75 Å². The average Bonchev–Trinajstić information content (AvgIpc) is 2.69. The zero-order valence-corrected chi connectivity index (χ0v) is 17.5. The van der Waals surface area contributed by atoms with Gasteiger partial charge in [-0.15, -0.1) is 0 Å². The quantitative estimate of drug-likeness (QED) is 0.737. The van der Waals surface area contributed by atoms with E-state index in [9.17, 15) is 4.79 Å². The minimum Gasteiger partial charge on any atom is -0.492 e. The Morgan fingerprint density at radius 1 is 1.11 bits per heavy atom. The summed E-state index contributed by atoms with van der Waals surface area (Å²) in [5.74, 6) is 0.908. The Balaban J connectivity index is 1.47. The molecule has 0 radical (unpaired) electrons. The molecule has 0 aromatic heterocycles. The standard InChI is InChI=1S/C21H25Cl2N3O2/c1-2-28-20-6-4-3-5-19(20)26-11-9-25(10-12-26)15-21(27)24-14-16-7-8-17(22)13-18(16)23/h3-8,13H,2,9-12,14-15H2,1H3,(H,24,27). The largest absolute Gasteiger partial charge is 0.492 e. The average molecular weight is 422 g/mol. The lowest BCUT2D eigenvalue weighted by Crippen LogP contribution is -2.49. The number of carbonyl (C=O) groups is 1. The fraction of sp³-hybridized carbons (Fsp3) is 0.381. The number of nitrogens with zero attached hydrogens (tertiary/aromatic N) is 2. The predicted octanol–water partition coefficient (Wildman–Crippen LogP) is 3.83. The molecule has 0 unspecified atom stereocenters.